The Hall–Kier alpha value is -3.05. The van der Waals surface area contributed by atoms with E-state index >= 15 is 0 Å². The molecule has 3 aromatic carbocycles. The molecule has 0 saturated heterocycles. The Bertz CT molecular complexity index is 1600. The number of benzene rings is 4. The molecule has 1 heterocycles. The molecule has 37 heavy (non-hydrogen) atoms. The molecule has 1 aliphatic heterocycles. The first-order valence-electron chi connectivity index (χ1n) is 12.5. The van der Waals surface area contributed by atoms with Crippen LogP contribution in [-0.2, 0) is 0 Å². The summed E-state index contributed by atoms with van der Waals surface area (Å²) in [6, 6.07) is 25.9. The van der Waals surface area contributed by atoms with Gasteiger partial charge in [-0.2, -0.15) is 0 Å². The highest BCUT2D eigenvalue weighted by atomic mass is 35.5. The maximum absolute atomic E-state index is 6.37. The van der Waals surface area contributed by atoms with Crippen molar-refractivity contribution in [2.24, 2.45) is 4.99 Å². The summed E-state index contributed by atoms with van der Waals surface area (Å²) in [6.07, 6.45) is 5.96. The molecule has 7 heteroatoms. The Kier molecular flexibility index (Phi) is 6.81. The Labute approximate surface area is 230 Å². The second kappa shape index (κ2) is 10.4. The fourth-order valence-electron chi connectivity index (χ4n) is 5.04. The molecule has 3 aliphatic rings. The predicted octanol–water partition coefficient (Wildman–Crippen LogP) is 9.07. The number of aromatic nitrogens is 2. The van der Waals surface area contributed by atoms with Gasteiger partial charge in [0, 0.05) is 26.4 Å². The SMILES string of the molecule is Clc1ccc(Nc2cc3nc4cc(Cl)ccc4n(-c4ccc(Cl)cc4)c-3cc2=NC2CCCCC2)cc1. The molecule has 0 bridgehead atoms. The maximum Gasteiger partial charge on any atom is 0.0900 e. The summed E-state index contributed by atoms with van der Waals surface area (Å²) in [4.78, 5) is 10.3. The van der Waals surface area contributed by atoms with Crippen LogP contribution in [0.4, 0.5) is 11.4 Å². The van der Waals surface area contributed by atoms with Crippen molar-refractivity contribution in [3.05, 3.63) is 99.3 Å². The molecular formula is C30H25Cl3N4. The summed E-state index contributed by atoms with van der Waals surface area (Å²) in [5, 5.41) is 6.52. The normalized spacial score (nSPS) is 14.9. The number of nitrogens with zero attached hydrogens (tertiary/aromatic N) is 3. The monoisotopic (exact) mass is 546 g/mol. The first kappa shape index (κ1) is 24.3. The second-order valence-corrected chi connectivity index (χ2v) is 10.8. The van der Waals surface area contributed by atoms with Crippen LogP contribution < -0.4 is 10.7 Å². The Morgan fingerprint density at radius 1 is 0.757 bits per heavy atom. The highest BCUT2D eigenvalue weighted by Gasteiger charge is 2.18. The van der Waals surface area contributed by atoms with Gasteiger partial charge in [-0.25, -0.2) is 4.98 Å². The fraction of sp³-hybridized carbons (Fsp3) is 0.200. The minimum Gasteiger partial charge on any atom is -0.354 e. The molecule has 0 aromatic heterocycles. The van der Waals surface area contributed by atoms with E-state index in [0.29, 0.717) is 21.1 Å². The molecule has 4 nitrogen and oxygen atoms in total. The molecule has 0 amide bonds. The lowest BCUT2D eigenvalue weighted by Crippen LogP contribution is -2.19. The van der Waals surface area contributed by atoms with Crippen molar-refractivity contribution in [3.8, 4) is 17.1 Å². The minimum atomic E-state index is 0.313. The largest absolute Gasteiger partial charge is 0.354 e. The molecule has 0 spiro atoms. The molecule has 1 N–H and O–H groups in total. The van der Waals surface area contributed by atoms with Crippen LogP contribution >= 0.6 is 34.8 Å². The summed E-state index contributed by atoms with van der Waals surface area (Å²) >= 11 is 18.7. The van der Waals surface area contributed by atoms with Gasteiger partial charge in [0.15, 0.2) is 0 Å². The Balaban J connectivity index is 1.62. The number of hydrogen-bond donors (Lipinski definition) is 1. The summed E-state index contributed by atoms with van der Waals surface area (Å²) in [5.74, 6) is 0. The van der Waals surface area contributed by atoms with Gasteiger partial charge in [0.25, 0.3) is 0 Å². The Morgan fingerprint density at radius 2 is 1.43 bits per heavy atom. The molecule has 186 valence electrons. The standard InChI is InChI=1S/C30H25Cl3N4/c31-19-6-11-23(12-7-19)35-25-17-28-30(18-26(25)34-22-4-2-1-3-5-22)37(24-13-8-20(32)9-14-24)29-15-10-21(33)16-27(29)36-28/h6-18,22,35H,1-5H2. The molecule has 0 radical (unpaired) electrons. The van der Waals surface area contributed by atoms with Crippen LogP contribution in [0.2, 0.25) is 15.1 Å². The van der Waals surface area contributed by atoms with Gasteiger partial charge in [-0.05, 0) is 91.7 Å². The van der Waals surface area contributed by atoms with Crippen molar-refractivity contribution in [2.45, 2.75) is 38.1 Å². The van der Waals surface area contributed by atoms with Crippen LogP contribution in [0.3, 0.4) is 0 Å². The first-order chi connectivity index (χ1) is 18.0. The highest BCUT2D eigenvalue weighted by molar-refractivity contribution is 6.31. The number of hydrogen-bond acceptors (Lipinski definition) is 3. The van der Waals surface area contributed by atoms with Gasteiger partial charge >= 0.3 is 0 Å². The van der Waals surface area contributed by atoms with Gasteiger partial charge in [0.2, 0.25) is 0 Å². The van der Waals surface area contributed by atoms with E-state index in [9.17, 15) is 0 Å². The van der Waals surface area contributed by atoms with E-state index in [1.165, 1.54) is 19.3 Å². The average molecular weight is 548 g/mol. The van der Waals surface area contributed by atoms with Gasteiger partial charge < -0.3 is 9.88 Å². The zero-order valence-corrected chi connectivity index (χ0v) is 22.4. The van der Waals surface area contributed by atoms with Crippen LogP contribution in [0.25, 0.3) is 28.1 Å². The van der Waals surface area contributed by atoms with Gasteiger partial charge in [0.05, 0.1) is 39.5 Å². The molecular weight excluding hydrogens is 523 g/mol. The van der Waals surface area contributed by atoms with Crippen molar-refractivity contribution < 1.29 is 0 Å². The molecule has 0 atom stereocenters. The number of anilines is 2. The third-order valence-electron chi connectivity index (χ3n) is 6.86. The Morgan fingerprint density at radius 3 is 2.16 bits per heavy atom. The summed E-state index contributed by atoms with van der Waals surface area (Å²) < 4.78 is 2.20. The molecule has 1 saturated carbocycles. The number of rotatable bonds is 4. The molecule has 6 rings (SSSR count). The summed E-state index contributed by atoms with van der Waals surface area (Å²) in [6.45, 7) is 0. The lowest BCUT2D eigenvalue weighted by atomic mass is 9.96. The first-order valence-corrected chi connectivity index (χ1v) is 13.7. The van der Waals surface area contributed by atoms with E-state index in [2.05, 4.69) is 22.0 Å². The minimum absolute atomic E-state index is 0.313. The van der Waals surface area contributed by atoms with E-state index < -0.39 is 0 Å². The smallest absolute Gasteiger partial charge is 0.0900 e. The van der Waals surface area contributed by atoms with E-state index in [-0.39, 0.29) is 0 Å². The van der Waals surface area contributed by atoms with Crippen molar-refractivity contribution in [3.63, 3.8) is 0 Å². The van der Waals surface area contributed by atoms with Crippen LogP contribution in [0.15, 0.2) is 83.9 Å². The fourth-order valence-corrected chi connectivity index (χ4v) is 5.46. The van der Waals surface area contributed by atoms with Crippen molar-refractivity contribution in [2.75, 3.05) is 5.32 Å². The van der Waals surface area contributed by atoms with E-state index in [4.69, 9.17) is 44.8 Å². The maximum atomic E-state index is 6.37. The second-order valence-electron chi connectivity index (χ2n) is 9.47. The number of fused-ring (bicyclic) bond motifs is 2. The van der Waals surface area contributed by atoms with Crippen molar-refractivity contribution in [1.82, 2.24) is 9.55 Å². The lowest BCUT2D eigenvalue weighted by molar-refractivity contribution is 0.437. The molecule has 1 fully saturated rings. The molecule has 2 aliphatic carbocycles. The van der Waals surface area contributed by atoms with Crippen LogP contribution in [0, 0.1) is 0 Å². The quantitative estimate of drug-likeness (QED) is 0.228. The van der Waals surface area contributed by atoms with Crippen LogP contribution in [0.5, 0.6) is 0 Å². The van der Waals surface area contributed by atoms with Gasteiger partial charge in [-0.3, -0.25) is 4.99 Å². The van der Waals surface area contributed by atoms with Crippen LogP contribution in [-0.4, -0.2) is 15.6 Å². The van der Waals surface area contributed by atoms with Crippen molar-refractivity contribution in [1.29, 1.82) is 0 Å². The predicted molar refractivity (Wildman–Crippen MR) is 155 cm³/mol. The van der Waals surface area contributed by atoms with Crippen molar-refractivity contribution >= 4 is 57.2 Å². The van der Waals surface area contributed by atoms with E-state index in [1.54, 1.807) is 0 Å². The molecule has 0 unspecified atom stereocenters. The number of nitrogens with one attached hydrogen (secondary N) is 1. The third-order valence-corrected chi connectivity index (χ3v) is 7.60. The van der Waals surface area contributed by atoms with Gasteiger partial charge in [-0.15, -0.1) is 0 Å². The summed E-state index contributed by atoms with van der Waals surface area (Å²) in [7, 11) is 0. The zero-order valence-electron chi connectivity index (χ0n) is 20.1. The van der Waals surface area contributed by atoms with E-state index in [1.807, 2.05) is 66.7 Å². The number of halogens is 3. The highest BCUT2D eigenvalue weighted by Crippen LogP contribution is 2.32. The molecule has 3 aromatic rings. The zero-order chi connectivity index (χ0) is 25.4. The average Bonchev–Trinajstić information content (AvgIpc) is 2.90. The lowest BCUT2D eigenvalue weighted by Gasteiger charge is -2.22. The third kappa shape index (κ3) is 5.19. The van der Waals surface area contributed by atoms with Gasteiger partial charge in [0.1, 0.15) is 0 Å². The summed E-state index contributed by atoms with van der Waals surface area (Å²) in [5.41, 5.74) is 6.42. The van der Waals surface area contributed by atoms with Gasteiger partial charge in [-0.1, -0.05) is 54.1 Å². The van der Waals surface area contributed by atoms with E-state index in [0.717, 1.165) is 57.7 Å². The van der Waals surface area contributed by atoms with Crippen LogP contribution in [0.1, 0.15) is 32.1 Å². The topological polar surface area (TPSA) is 42.2 Å².